The normalized spacial score (nSPS) is 15.8. The van der Waals surface area contributed by atoms with E-state index in [1.54, 1.807) is 0 Å². The molecule has 1 unspecified atom stereocenters. The summed E-state index contributed by atoms with van der Waals surface area (Å²) < 4.78 is 0. The summed E-state index contributed by atoms with van der Waals surface area (Å²) in [5, 5.41) is 3.75. The molecule has 0 fully saturated rings. The van der Waals surface area contributed by atoms with Gasteiger partial charge in [-0.15, -0.1) is 0 Å². The first kappa shape index (κ1) is 18.2. The largest absolute Gasteiger partial charge is 0.311 e. The Hall–Kier alpha value is -0.820. The minimum atomic E-state index is 0.164. The van der Waals surface area contributed by atoms with E-state index in [4.69, 9.17) is 0 Å². The number of hydrogen-bond acceptors (Lipinski definition) is 1. The predicted molar refractivity (Wildman–Crippen MR) is 94.9 cm³/mol. The maximum Gasteiger partial charge on any atom is 0.00968 e. The van der Waals surface area contributed by atoms with Crippen molar-refractivity contribution in [3.63, 3.8) is 0 Å². The molecule has 0 amide bonds. The maximum absolute atomic E-state index is 3.75. The third-order valence-corrected chi connectivity index (χ3v) is 4.37. The SMILES string of the molecule is CCC(CCC(C)(C)C)(CNC(C)(C)C)c1ccccc1. The van der Waals surface area contributed by atoms with Gasteiger partial charge < -0.3 is 5.32 Å². The molecule has 0 bridgehead atoms. The summed E-state index contributed by atoms with van der Waals surface area (Å²) in [4.78, 5) is 0. The molecule has 1 nitrogen and oxygen atoms in total. The van der Waals surface area contributed by atoms with E-state index in [0.717, 1.165) is 6.54 Å². The van der Waals surface area contributed by atoms with Gasteiger partial charge >= 0.3 is 0 Å². The topological polar surface area (TPSA) is 12.0 Å². The molecule has 0 aliphatic rings. The quantitative estimate of drug-likeness (QED) is 0.724. The van der Waals surface area contributed by atoms with Gasteiger partial charge in [-0.1, -0.05) is 58.0 Å². The Morgan fingerprint density at radius 3 is 1.86 bits per heavy atom. The summed E-state index contributed by atoms with van der Waals surface area (Å²) >= 11 is 0. The Labute approximate surface area is 132 Å². The summed E-state index contributed by atoms with van der Waals surface area (Å²) in [6.45, 7) is 17.2. The van der Waals surface area contributed by atoms with Crippen molar-refractivity contribution in [1.29, 1.82) is 0 Å². The minimum Gasteiger partial charge on any atom is -0.311 e. The third kappa shape index (κ3) is 6.22. The Balaban J connectivity index is 3.01. The first-order valence-corrected chi connectivity index (χ1v) is 8.39. The Morgan fingerprint density at radius 2 is 1.43 bits per heavy atom. The molecule has 1 N–H and O–H groups in total. The van der Waals surface area contributed by atoms with Crippen molar-refractivity contribution < 1.29 is 0 Å². The summed E-state index contributed by atoms with van der Waals surface area (Å²) in [5.41, 5.74) is 2.27. The maximum atomic E-state index is 3.75. The van der Waals surface area contributed by atoms with Crippen LogP contribution in [0.3, 0.4) is 0 Å². The van der Waals surface area contributed by atoms with Crippen LogP contribution in [0.4, 0.5) is 0 Å². The van der Waals surface area contributed by atoms with Crippen LogP contribution in [0.25, 0.3) is 0 Å². The van der Waals surface area contributed by atoms with E-state index in [2.05, 4.69) is 84.1 Å². The van der Waals surface area contributed by atoms with Crippen LogP contribution in [-0.4, -0.2) is 12.1 Å². The Morgan fingerprint density at radius 1 is 0.857 bits per heavy atom. The van der Waals surface area contributed by atoms with E-state index in [1.165, 1.54) is 24.8 Å². The van der Waals surface area contributed by atoms with Gasteiger partial charge in [0.2, 0.25) is 0 Å². The molecule has 0 aliphatic heterocycles. The highest BCUT2D eigenvalue weighted by atomic mass is 15.0. The lowest BCUT2D eigenvalue weighted by Crippen LogP contribution is -2.46. The summed E-state index contributed by atoms with van der Waals surface area (Å²) in [6, 6.07) is 11.1. The summed E-state index contributed by atoms with van der Waals surface area (Å²) in [6.07, 6.45) is 3.66. The van der Waals surface area contributed by atoms with Crippen LogP contribution in [0.15, 0.2) is 30.3 Å². The van der Waals surface area contributed by atoms with Gasteiger partial charge in [-0.05, 0) is 51.0 Å². The predicted octanol–water partition coefficient (Wildman–Crippen LogP) is 5.55. The van der Waals surface area contributed by atoms with Crippen molar-refractivity contribution in [2.45, 2.75) is 78.7 Å². The molecule has 0 spiro atoms. The molecular weight excluding hydrogens is 254 g/mol. The van der Waals surface area contributed by atoms with Crippen molar-refractivity contribution in [3.05, 3.63) is 35.9 Å². The fourth-order valence-corrected chi connectivity index (χ4v) is 2.68. The fourth-order valence-electron chi connectivity index (χ4n) is 2.68. The highest BCUT2D eigenvalue weighted by molar-refractivity contribution is 5.26. The minimum absolute atomic E-state index is 0.164. The average molecular weight is 290 g/mol. The number of nitrogens with one attached hydrogen (secondary N) is 1. The second-order valence-electron chi connectivity index (χ2n) is 8.66. The van der Waals surface area contributed by atoms with Crippen LogP contribution >= 0.6 is 0 Å². The molecule has 1 aromatic carbocycles. The summed E-state index contributed by atoms with van der Waals surface area (Å²) in [5.74, 6) is 0. The van der Waals surface area contributed by atoms with Crippen LogP contribution in [0, 0.1) is 5.41 Å². The van der Waals surface area contributed by atoms with E-state index < -0.39 is 0 Å². The molecule has 0 heterocycles. The molecule has 1 atom stereocenters. The van der Waals surface area contributed by atoms with Crippen molar-refractivity contribution in [2.75, 3.05) is 6.54 Å². The average Bonchev–Trinajstić information content (AvgIpc) is 2.38. The first-order chi connectivity index (χ1) is 9.58. The Bertz CT molecular complexity index is 388. The van der Waals surface area contributed by atoms with Crippen molar-refractivity contribution in [3.8, 4) is 0 Å². The standard InChI is InChI=1S/C20H35N/c1-8-20(15-14-18(2,3)4,16-21-19(5,6)7)17-12-10-9-11-13-17/h9-13,21H,8,14-16H2,1-7H3. The first-order valence-electron chi connectivity index (χ1n) is 8.39. The zero-order chi connectivity index (χ0) is 16.1. The van der Waals surface area contributed by atoms with E-state index in [9.17, 15) is 0 Å². The number of benzene rings is 1. The molecular formula is C20H35N. The molecule has 120 valence electrons. The monoisotopic (exact) mass is 289 g/mol. The molecule has 1 rings (SSSR count). The van der Waals surface area contributed by atoms with Crippen LogP contribution in [-0.2, 0) is 5.41 Å². The smallest absolute Gasteiger partial charge is 0.00968 e. The third-order valence-electron chi connectivity index (χ3n) is 4.37. The fraction of sp³-hybridized carbons (Fsp3) is 0.700. The molecule has 0 saturated heterocycles. The molecule has 1 aromatic rings. The van der Waals surface area contributed by atoms with Crippen LogP contribution in [0.1, 0.15) is 73.3 Å². The molecule has 21 heavy (non-hydrogen) atoms. The summed E-state index contributed by atoms with van der Waals surface area (Å²) in [7, 11) is 0. The van der Waals surface area contributed by atoms with Crippen LogP contribution in [0.5, 0.6) is 0 Å². The Kier molecular flexibility index (Phi) is 6.04. The molecule has 1 heteroatoms. The molecule has 0 saturated carbocycles. The highest BCUT2D eigenvalue weighted by Gasteiger charge is 2.32. The van der Waals surface area contributed by atoms with Gasteiger partial charge in [-0.2, -0.15) is 0 Å². The van der Waals surface area contributed by atoms with Crippen molar-refractivity contribution >= 4 is 0 Å². The zero-order valence-electron chi connectivity index (χ0n) is 15.2. The lowest BCUT2D eigenvalue weighted by molar-refractivity contribution is 0.255. The highest BCUT2D eigenvalue weighted by Crippen LogP contribution is 2.36. The van der Waals surface area contributed by atoms with Gasteiger partial charge in [0.05, 0.1) is 0 Å². The van der Waals surface area contributed by atoms with E-state index >= 15 is 0 Å². The molecule has 0 radical (unpaired) electrons. The van der Waals surface area contributed by atoms with Gasteiger partial charge in [-0.3, -0.25) is 0 Å². The van der Waals surface area contributed by atoms with Crippen LogP contribution < -0.4 is 5.32 Å². The number of hydrogen-bond donors (Lipinski definition) is 1. The van der Waals surface area contributed by atoms with E-state index in [0.29, 0.717) is 5.41 Å². The van der Waals surface area contributed by atoms with Gasteiger partial charge in [0, 0.05) is 17.5 Å². The van der Waals surface area contributed by atoms with E-state index in [1.807, 2.05) is 0 Å². The van der Waals surface area contributed by atoms with E-state index in [-0.39, 0.29) is 11.0 Å². The van der Waals surface area contributed by atoms with Crippen molar-refractivity contribution in [1.82, 2.24) is 5.32 Å². The lowest BCUT2D eigenvalue weighted by atomic mass is 9.71. The molecule has 0 aliphatic carbocycles. The van der Waals surface area contributed by atoms with Gasteiger partial charge in [0.1, 0.15) is 0 Å². The van der Waals surface area contributed by atoms with Crippen LogP contribution in [0.2, 0.25) is 0 Å². The number of rotatable bonds is 6. The second kappa shape index (κ2) is 6.96. The lowest BCUT2D eigenvalue weighted by Gasteiger charge is -2.38. The van der Waals surface area contributed by atoms with Gasteiger partial charge in [-0.25, -0.2) is 0 Å². The molecule has 0 aromatic heterocycles. The van der Waals surface area contributed by atoms with Gasteiger partial charge in [0.15, 0.2) is 0 Å². The zero-order valence-corrected chi connectivity index (χ0v) is 15.2. The van der Waals surface area contributed by atoms with Crippen molar-refractivity contribution in [2.24, 2.45) is 5.41 Å². The second-order valence-corrected chi connectivity index (χ2v) is 8.66. The van der Waals surface area contributed by atoms with Gasteiger partial charge in [0.25, 0.3) is 0 Å².